The highest BCUT2D eigenvalue weighted by atomic mass is 32.2. The van der Waals surface area contributed by atoms with Crippen molar-refractivity contribution in [2.24, 2.45) is 0 Å². The number of ether oxygens (including phenoxy) is 3. The van der Waals surface area contributed by atoms with Gasteiger partial charge in [0.2, 0.25) is 0 Å². The number of nitrogens with zero attached hydrogens (tertiary/aromatic N) is 1. The Morgan fingerprint density at radius 2 is 1.33 bits per heavy atom. The Kier molecular flexibility index (Phi) is 5.29. The van der Waals surface area contributed by atoms with Gasteiger partial charge in [-0.1, -0.05) is 48.5 Å². The molecule has 168 valence electrons. The van der Waals surface area contributed by atoms with Gasteiger partial charge in [0.25, 0.3) is 0 Å². The van der Waals surface area contributed by atoms with Crippen molar-refractivity contribution < 1.29 is 23.8 Å². The maximum absolute atomic E-state index is 13.5. The van der Waals surface area contributed by atoms with E-state index in [2.05, 4.69) is 12.1 Å². The second-order valence-electron chi connectivity index (χ2n) is 7.85. The van der Waals surface area contributed by atoms with E-state index in [1.54, 1.807) is 7.11 Å². The maximum atomic E-state index is 13.5. The maximum Gasteiger partial charge on any atom is 0.339 e. The van der Waals surface area contributed by atoms with Crippen molar-refractivity contribution in [3.8, 4) is 16.9 Å². The number of hydrogen-bond donors (Lipinski definition) is 0. The molecule has 5 rings (SSSR count). The Labute approximate surface area is 196 Å². The van der Waals surface area contributed by atoms with Gasteiger partial charge in [0.05, 0.1) is 21.3 Å². The van der Waals surface area contributed by atoms with Crippen molar-refractivity contribution in [1.29, 1.82) is 0 Å². The molecule has 7 heteroatoms. The first-order chi connectivity index (χ1) is 16.1. The van der Waals surface area contributed by atoms with Crippen molar-refractivity contribution in [2.75, 3.05) is 26.2 Å². The van der Waals surface area contributed by atoms with Gasteiger partial charge < -0.3 is 19.1 Å². The van der Waals surface area contributed by atoms with Crippen molar-refractivity contribution >= 4 is 29.4 Å². The molecule has 0 unspecified atom stereocenters. The van der Waals surface area contributed by atoms with E-state index in [-0.39, 0.29) is 0 Å². The van der Waals surface area contributed by atoms with E-state index < -0.39 is 28.1 Å². The van der Waals surface area contributed by atoms with Crippen LogP contribution in [-0.2, 0) is 23.8 Å². The highest BCUT2D eigenvalue weighted by Gasteiger charge is 2.64. The van der Waals surface area contributed by atoms with Crippen LogP contribution in [0, 0.1) is 0 Å². The number of methoxy groups -OCH3 is 3. The fourth-order valence-electron chi connectivity index (χ4n) is 4.97. The van der Waals surface area contributed by atoms with Crippen LogP contribution in [0.3, 0.4) is 0 Å². The van der Waals surface area contributed by atoms with Crippen LogP contribution < -0.4 is 9.64 Å². The van der Waals surface area contributed by atoms with E-state index in [9.17, 15) is 9.59 Å². The number of thioether (sulfide) groups is 1. The molecule has 2 aliphatic rings. The van der Waals surface area contributed by atoms with E-state index in [1.807, 2.05) is 65.6 Å². The van der Waals surface area contributed by atoms with E-state index in [1.165, 1.54) is 26.0 Å². The predicted molar refractivity (Wildman–Crippen MR) is 127 cm³/mol. The van der Waals surface area contributed by atoms with Crippen molar-refractivity contribution in [2.45, 2.75) is 16.2 Å². The number of hydrogen-bond acceptors (Lipinski definition) is 7. The summed E-state index contributed by atoms with van der Waals surface area (Å²) < 4.78 is 15.0. The van der Waals surface area contributed by atoms with Gasteiger partial charge in [0, 0.05) is 5.69 Å². The molecule has 1 heterocycles. The lowest BCUT2D eigenvalue weighted by atomic mass is 9.87. The summed E-state index contributed by atoms with van der Waals surface area (Å²) in [6.07, 6.45) is 0. The van der Waals surface area contributed by atoms with Gasteiger partial charge in [0.1, 0.15) is 10.5 Å². The smallest absolute Gasteiger partial charge is 0.339 e. The third-order valence-corrected chi connectivity index (χ3v) is 8.03. The zero-order valence-corrected chi connectivity index (χ0v) is 19.3. The minimum atomic E-state index is -0.848. The van der Waals surface area contributed by atoms with E-state index >= 15 is 0 Å². The summed E-state index contributed by atoms with van der Waals surface area (Å²) in [6, 6.07) is 22.6. The summed E-state index contributed by atoms with van der Waals surface area (Å²) in [7, 11) is 4.34. The Hall–Kier alpha value is -3.45. The van der Waals surface area contributed by atoms with E-state index in [0.29, 0.717) is 11.4 Å². The molecule has 33 heavy (non-hydrogen) atoms. The number of carbonyl (C=O) groups is 2. The minimum Gasteiger partial charge on any atom is -0.497 e. The Morgan fingerprint density at radius 1 is 0.788 bits per heavy atom. The second kappa shape index (κ2) is 8.15. The molecule has 1 saturated heterocycles. The molecule has 1 aliphatic carbocycles. The number of carbonyl (C=O) groups excluding carboxylic acids is 2. The molecule has 1 aliphatic heterocycles. The standard InChI is InChI=1S/C26H23NO5S/c1-30-17-14-12-16(13-15-17)27-22(24(28)31-2)26(33-23(27)25(29)32-3)20-10-6-4-8-18(20)19-9-5-7-11-21(19)26/h4-15,22-23H,1-3H3/t22-,23+/m0/s1. The first kappa shape index (κ1) is 21.4. The summed E-state index contributed by atoms with van der Waals surface area (Å²) in [5.74, 6) is -0.166. The van der Waals surface area contributed by atoms with Crippen LogP contribution in [0.5, 0.6) is 5.75 Å². The number of benzene rings is 3. The second-order valence-corrected chi connectivity index (χ2v) is 9.18. The lowest BCUT2D eigenvalue weighted by molar-refractivity contribution is -0.143. The fourth-order valence-corrected chi connectivity index (χ4v) is 6.82. The normalized spacial score (nSPS) is 19.7. The Bertz CT molecular complexity index is 1180. The average Bonchev–Trinajstić information content (AvgIpc) is 3.38. The molecule has 3 aromatic carbocycles. The molecule has 0 N–H and O–H groups in total. The zero-order chi connectivity index (χ0) is 23.2. The lowest BCUT2D eigenvalue weighted by Gasteiger charge is -2.35. The van der Waals surface area contributed by atoms with Gasteiger partial charge in [-0.2, -0.15) is 0 Å². The van der Waals surface area contributed by atoms with Crippen LogP contribution in [-0.4, -0.2) is 44.7 Å². The first-order valence-corrected chi connectivity index (χ1v) is 11.4. The van der Waals surface area contributed by atoms with Crippen molar-refractivity contribution in [3.63, 3.8) is 0 Å². The SMILES string of the molecule is COC(=O)[C@H]1SC2(c3ccccc3-c3ccccc32)[C@H](C(=O)OC)N1c1ccc(OC)cc1. The number of rotatable bonds is 4. The topological polar surface area (TPSA) is 65.1 Å². The Balaban J connectivity index is 1.79. The molecule has 0 amide bonds. The molecular formula is C26H23NO5S. The van der Waals surface area contributed by atoms with Crippen LogP contribution in [0.15, 0.2) is 72.8 Å². The lowest BCUT2D eigenvalue weighted by Crippen LogP contribution is -2.51. The third-order valence-electron chi connectivity index (χ3n) is 6.36. The first-order valence-electron chi connectivity index (χ1n) is 10.5. The highest BCUT2D eigenvalue weighted by molar-refractivity contribution is 8.02. The summed E-state index contributed by atoms with van der Waals surface area (Å²) in [6.45, 7) is 0. The largest absolute Gasteiger partial charge is 0.497 e. The molecular weight excluding hydrogens is 438 g/mol. The van der Waals surface area contributed by atoms with Crippen LogP contribution in [0.25, 0.3) is 11.1 Å². The van der Waals surface area contributed by atoms with Gasteiger partial charge in [-0.15, -0.1) is 11.8 Å². The molecule has 0 saturated carbocycles. The Morgan fingerprint density at radius 3 is 1.85 bits per heavy atom. The zero-order valence-electron chi connectivity index (χ0n) is 18.5. The van der Waals surface area contributed by atoms with Gasteiger partial charge in [-0.25, -0.2) is 9.59 Å². The quantitative estimate of drug-likeness (QED) is 0.539. The molecule has 2 atom stereocenters. The summed E-state index contributed by atoms with van der Waals surface area (Å²) >= 11 is 1.42. The monoisotopic (exact) mass is 461 g/mol. The van der Waals surface area contributed by atoms with Crippen LogP contribution >= 0.6 is 11.8 Å². The number of fused-ring (bicyclic) bond motifs is 5. The van der Waals surface area contributed by atoms with Crippen molar-refractivity contribution in [3.05, 3.63) is 83.9 Å². The van der Waals surface area contributed by atoms with E-state index in [4.69, 9.17) is 14.2 Å². The fraction of sp³-hybridized carbons (Fsp3) is 0.231. The molecule has 0 aromatic heterocycles. The molecule has 0 radical (unpaired) electrons. The highest BCUT2D eigenvalue weighted by Crippen LogP contribution is 2.63. The van der Waals surface area contributed by atoms with Crippen LogP contribution in [0.1, 0.15) is 11.1 Å². The summed E-state index contributed by atoms with van der Waals surface area (Å²) in [5.41, 5.74) is 4.77. The average molecular weight is 462 g/mol. The predicted octanol–water partition coefficient (Wildman–Crippen LogP) is 4.21. The van der Waals surface area contributed by atoms with Crippen molar-refractivity contribution in [1.82, 2.24) is 0 Å². The third kappa shape index (κ3) is 3.03. The number of esters is 2. The molecule has 0 bridgehead atoms. The molecule has 1 fully saturated rings. The molecule has 6 nitrogen and oxygen atoms in total. The van der Waals surface area contributed by atoms with Gasteiger partial charge >= 0.3 is 11.9 Å². The molecule has 1 spiro atoms. The van der Waals surface area contributed by atoms with Crippen LogP contribution in [0.2, 0.25) is 0 Å². The van der Waals surface area contributed by atoms with Gasteiger partial charge in [-0.05, 0) is 46.5 Å². The van der Waals surface area contributed by atoms with Crippen LogP contribution in [0.4, 0.5) is 5.69 Å². The summed E-state index contributed by atoms with van der Waals surface area (Å²) in [4.78, 5) is 28.4. The summed E-state index contributed by atoms with van der Waals surface area (Å²) in [5, 5.41) is -0.758. The molecule has 3 aromatic rings. The van der Waals surface area contributed by atoms with E-state index in [0.717, 1.165) is 22.3 Å². The minimum absolute atomic E-state index is 0.420. The number of anilines is 1. The van der Waals surface area contributed by atoms with Gasteiger partial charge in [-0.3, -0.25) is 0 Å². The van der Waals surface area contributed by atoms with Gasteiger partial charge in [0.15, 0.2) is 11.4 Å².